The highest BCUT2D eigenvalue weighted by Crippen LogP contribution is 2.38. The molecule has 0 unspecified atom stereocenters. The summed E-state index contributed by atoms with van der Waals surface area (Å²) in [7, 11) is 1.65. The van der Waals surface area contributed by atoms with Gasteiger partial charge in [0.05, 0.1) is 20.3 Å². The Morgan fingerprint density at radius 3 is 2.56 bits per heavy atom. The number of nitrogens with zero attached hydrogens (tertiary/aromatic N) is 1. The normalized spacial score (nSPS) is 12.9. The van der Waals surface area contributed by atoms with Gasteiger partial charge in [-0.15, -0.1) is 0 Å². The Morgan fingerprint density at radius 1 is 1.06 bits per heavy atom. The Bertz CT molecular complexity index is 1400. The summed E-state index contributed by atoms with van der Waals surface area (Å²) in [5.74, 6) is 1.96. The molecule has 1 aromatic heterocycles. The average Bonchev–Trinajstić information content (AvgIpc) is 3.69. The van der Waals surface area contributed by atoms with Crippen LogP contribution in [0.4, 0.5) is 0 Å². The first-order valence-corrected chi connectivity index (χ1v) is 12.4. The van der Waals surface area contributed by atoms with E-state index in [4.69, 9.17) is 14.2 Å². The number of methoxy groups -OCH3 is 1. The molecule has 0 saturated heterocycles. The Hall–Kier alpha value is -3.99. The Labute approximate surface area is 211 Å². The Morgan fingerprint density at radius 2 is 1.86 bits per heavy atom. The van der Waals surface area contributed by atoms with Crippen molar-refractivity contribution in [3.8, 4) is 22.6 Å². The first kappa shape index (κ1) is 23.7. The van der Waals surface area contributed by atoms with E-state index in [-0.39, 0.29) is 5.97 Å². The van der Waals surface area contributed by atoms with Crippen molar-refractivity contribution in [3.05, 3.63) is 90.1 Å². The molecule has 0 aliphatic heterocycles. The molecule has 1 heterocycles. The highest BCUT2D eigenvalue weighted by molar-refractivity contribution is 6.09. The van der Waals surface area contributed by atoms with Gasteiger partial charge in [0.25, 0.3) is 0 Å². The molecule has 3 aromatic carbocycles. The standard InChI is InChI=1S/C31H31NO4/c1-4-21-11-16-28-27(18-21)29(24-12-14-25(15-13-24)36-20-22-9-10-22)30(31(33)35-5-2)32(28)19-23-7-6-8-26(17-23)34-3/h4,6-8,11-18,22H,1,5,9-10,19-20H2,2-3H3. The van der Waals surface area contributed by atoms with Gasteiger partial charge in [-0.25, -0.2) is 4.79 Å². The van der Waals surface area contributed by atoms with E-state index in [0.717, 1.165) is 51.3 Å². The van der Waals surface area contributed by atoms with Gasteiger partial charge in [-0.3, -0.25) is 0 Å². The molecule has 5 heteroatoms. The molecule has 1 fully saturated rings. The van der Waals surface area contributed by atoms with Crippen LogP contribution in [0, 0.1) is 5.92 Å². The maximum Gasteiger partial charge on any atom is 0.355 e. The monoisotopic (exact) mass is 481 g/mol. The predicted octanol–water partition coefficient (Wildman–Crippen LogP) is 6.97. The zero-order valence-corrected chi connectivity index (χ0v) is 20.8. The lowest BCUT2D eigenvalue weighted by Crippen LogP contribution is -2.14. The molecule has 0 spiro atoms. The van der Waals surface area contributed by atoms with E-state index in [1.165, 1.54) is 12.8 Å². The third kappa shape index (κ3) is 4.87. The van der Waals surface area contributed by atoms with Gasteiger partial charge in [-0.05, 0) is 78.8 Å². The number of benzene rings is 3. The fraction of sp³-hybridized carbons (Fsp3) is 0.258. The molecular formula is C31H31NO4. The molecule has 0 N–H and O–H groups in total. The number of hydrogen-bond donors (Lipinski definition) is 0. The molecule has 36 heavy (non-hydrogen) atoms. The van der Waals surface area contributed by atoms with Crippen molar-refractivity contribution in [2.75, 3.05) is 20.3 Å². The Balaban J connectivity index is 1.66. The summed E-state index contributed by atoms with van der Waals surface area (Å²) in [4.78, 5) is 13.4. The SMILES string of the molecule is C=Cc1ccc2c(c1)c(-c1ccc(OCC3CC3)cc1)c(C(=O)OCC)n2Cc1cccc(OC)c1. The number of rotatable bonds is 10. The van der Waals surface area contributed by atoms with Crippen LogP contribution in [0.2, 0.25) is 0 Å². The second kappa shape index (κ2) is 10.3. The first-order chi connectivity index (χ1) is 17.6. The summed E-state index contributed by atoms with van der Waals surface area (Å²) in [6.45, 7) is 7.33. The summed E-state index contributed by atoms with van der Waals surface area (Å²) in [6.07, 6.45) is 4.32. The fourth-order valence-electron chi connectivity index (χ4n) is 4.54. The molecule has 0 amide bonds. The van der Waals surface area contributed by atoms with E-state index < -0.39 is 0 Å². The van der Waals surface area contributed by atoms with Gasteiger partial charge < -0.3 is 18.8 Å². The Kier molecular flexibility index (Phi) is 6.81. The zero-order valence-electron chi connectivity index (χ0n) is 20.8. The summed E-state index contributed by atoms with van der Waals surface area (Å²) in [5, 5.41) is 0.977. The number of aromatic nitrogens is 1. The molecule has 0 radical (unpaired) electrons. The van der Waals surface area contributed by atoms with Crippen LogP contribution in [0.5, 0.6) is 11.5 Å². The fourth-order valence-corrected chi connectivity index (χ4v) is 4.54. The minimum absolute atomic E-state index is 0.296. The minimum atomic E-state index is -0.346. The van der Waals surface area contributed by atoms with Gasteiger partial charge in [0.2, 0.25) is 0 Å². The number of esters is 1. The second-order valence-corrected chi connectivity index (χ2v) is 9.14. The van der Waals surface area contributed by atoms with Crippen molar-refractivity contribution < 1.29 is 19.0 Å². The van der Waals surface area contributed by atoms with E-state index in [0.29, 0.717) is 24.8 Å². The molecule has 1 aliphatic rings. The van der Waals surface area contributed by atoms with Crippen LogP contribution in [0.15, 0.2) is 73.3 Å². The third-order valence-electron chi connectivity index (χ3n) is 6.59. The quantitative estimate of drug-likeness (QED) is 0.229. The van der Waals surface area contributed by atoms with E-state index in [2.05, 4.69) is 12.6 Å². The van der Waals surface area contributed by atoms with Crippen molar-refractivity contribution >= 4 is 22.9 Å². The molecule has 5 rings (SSSR count). The highest BCUT2D eigenvalue weighted by Gasteiger charge is 2.26. The van der Waals surface area contributed by atoms with Crippen molar-refractivity contribution in [1.82, 2.24) is 4.57 Å². The molecular weight excluding hydrogens is 450 g/mol. The van der Waals surface area contributed by atoms with Crippen LogP contribution >= 0.6 is 0 Å². The van der Waals surface area contributed by atoms with Gasteiger partial charge in [0.1, 0.15) is 17.2 Å². The zero-order chi connectivity index (χ0) is 25.1. The van der Waals surface area contributed by atoms with Crippen LogP contribution < -0.4 is 9.47 Å². The van der Waals surface area contributed by atoms with Gasteiger partial charge in [0.15, 0.2) is 0 Å². The van der Waals surface area contributed by atoms with Crippen molar-refractivity contribution in [3.63, 3.8) is 0 Å². The molecule has 0 bridgehead atoms. The van der Waals surface area contributed by atoms with E-state index in [9.17, 15) is 4.79 Å². The van der Waals surface area contributed by atoms with E-state index in [1.807, 2.05) is 78.2 Å². The van der Waals surface area contributed by atoms with Crippen LogP contribution in [-0.4, -0.2) is 30.9 Å². The lowest BCUT2D eigenvalue weighted by atomic mass is 10.0. The maximum atomic E-state index is 13.4. The lowest BCUT2D eigenvalue weighted by molar-refractivity contribution is 0.0516. The van der Waals surface area contributed by atoms with Gasteiger partial charge in [0, 0.05) is 23.0 Å². The summed E-state index contributed by atoms with van der Waals surface area (Å²) in [6, 6.07) is 22.1. The second-order valence-electron chi connectivity index (χ2n) is 9.14. The largest absolute Gasteiger partial charge is 0.497 e. The summed E-state index contributed by atoms with van der Waals surface area (Å²) in [5.41, 5.74) is 5.29. The van der Waals surface area contributed by atoms with Gasteiger partial charge >= 0.3 is 5.97 Å². The molecule has 1 saturated carbocycles. The van der Waals surface area contributed by atoms with Crippen LogP contribution in [0.25, 0.3) is 28.1 Å². The molecule has 0 atom stereocenters. The number of hydrogen-bond acceptors (Lipinski definition) is 4. The maximum absolute atomic E-state index is 13.4. The van der Waals surface area contributed by atoms with Crippen molar-refractivity contribution in [1.29, 1.82) is 0 Å². The van der Waals surface area contributed by atoms with Crippen LogP contribution in [-0.2, 0) is 11.3 Å². The van der Waals surface area contributed by atoms with Crippen molar-refractivity contribution in [2.45, 2.75) is 26.3 Å². The molecule has 5 nitrogen and oxygen atoms in total. The lowest BCUT2D eigenvalue weighted by Gasteiger charge is -2.13. The highest BCUT2D eigenvalue weighted by atomic mass is 16.5. The number of carbonyl (C=O) groups is 1. The summed E-state index contributed by atoms with van der Waals surface area (Å²) >= 11 is 0. The van der Waals surface area contributed by atoms with Crippen molar-refractivity contribution in [2.24, 2.45) is 5.92 Å². The first-order valence-electron chi connectivity index (χ1n) is 12.4. The third-order valence-corrected chi connectivity index (χ3v) is 6.59. The smallest absolute Gasteiger partial charge is 0.355 e. The average molecular weight is 482 g/mol. The molecule has 184 valence electrons. The van der Waals surface area contributed by atoms with Crippen LogP contribution in [0.3, 0.4) is 0 Å². The van der Waals surface area contributed by atoms with Gasteiger partial charge in [-0.2, -0.15) is 0 Å². The molecule has 1 aliphatic carbocycles. The summed E-state index contributed by atoms with van der Waals surface area (Å²) < 4.78 is 19.0. The topological polar surface area (TPSA) is 49.7 Å². The van der Waals surface area contributed by atoms with Gasteiger partial charge in [-0.1, -0.05) is 43.0 Å². The van der Waals surface area contributed by atoms with Crippen LogP contribution in [0.1, 0.15) is 41.4 Å². The number of fused-ring (bicyclic) bond motifs is 1. The number of carbonyl (C=O) groups excluding carboxylic acids is 1. The van der Waals surface area contributed by atoms with E-state index in [1.54, 1.807) is 7.11 Å². The minimum Gasteiger partial charge on any atom is -0.497 e. The number of ether oxygens (including phenoxy) is 3. The van der Waals surface area contributed by atoms with E-state index >= 15 is 0 Å². The molecule has 4 aromatic rings. The predicted molar refractivity (Wildman–Crippen MR) is 144 cm³/mol.